The van der Waals surface area contributed by atoms with Crippen molar-refractivity contribution in [3.63, 3.8) is 0 Å². The van der Waals surface area contributed by atoms with Gasteiger partial charge >= 0.3 is 0 Å². The van der Waals surface area contributed by atoms with Gasteiger partial charge in [-0.15, -0.1) is 0 Å². The van der Waals surface area contributed by atoms with E-state index in [4.69, 9.17) is 16.0 Å². The minimum atomic E-state index is -0.206. The molecule has 1 amide bonds. The Kier molecular flexibility index (Phi) is 4.49. The van der Waals surface area contributed by atoms with Gasteiger partial charge in [0.1, 0.15) is 5.52 Å². The summed E-state index contributed by atoms with van der Waals surface area (Å²) in [6.45, 7) is 0. The molecule has 4 aromatic rings. The fraction of sp³-hybridized carbons (Fsp3) is 0. The largest absolute Gasteiger partial charge is 0.436 e. The number of carbonyl (C=O) groups excluding carboxylic acids is 1. The molecule has 0 fully saturated rings. The first-order chi connectivity index (χ1) is 12.6. The predicted molar refractivity (Wildman–Crippen MR) is 107 cm³/mol. The van der Waals surface area contributed by atoms with Gasteiger partial charge in [-0.25, -0.2) is 4.98 Å². The third kappa shape index (κ3) is 3.23. The monoisotopic (exact) mass is 426 g/mol. The number of carbonyl (C=O) groups is 1. The second-order valence-corrected chi connectivity index (χ2v) is 6.88. The second-order valence-electron chi connectivity index (χ2n) is 5.62. The maximum Gasteiger partial charge on any atom is 0.256 e. The number of fused-ring (bicyclic) bond motifs is 1. The minimum absolute atomic E-state index is 0.206. The highest BCUT2D eigenvalue weighted by atomic mass is 79.9. The van der Waals surface area contributed by atoms with Crippen molar-refractivity contribution >= 4 is 50.2 Å². The summed E-state index contributed by atoms with van der Waals surface area (Å²) in [4.78, 5) is 16.9. The van der Waals surface area contributed by atoms with E-state index >= 15 is 0 Å². The Morgan fingerprint density at radius 1 is 1.04 bits per heavy atom. The molecule has 0 aliphatic rings. The predicted octanol–water partition coefficient (Wildman–Crippen LogP) is 6.16. The van der Waals surface area contributed by atoms with Crippen LogP contribution in [-0.4, -0.2) is 10.9 Å². The molecule has 0 saturated heterocycles. The van der Waals surface area contributed by atoms with Crippen molar-refractivity contribution in [3.05, 3.63) is 81.8 Å². The van der Waals surface area contributed by atoms with Crippen molar-refractivity contribution in [2.24, 2.45) is 0 Å². The number of hydrogen-bond acceptors (Lipinski definition) is 3. The quantitative estimate of drug-likeness (QED) is 0.426. The first-order valence-electron chi connectivity index (χ1n) is 7.83. The van der Waals surface area contributed by atoms with E-state index in [9.17, 15) is 4.79 Å². The van der Waals surface area contributed by atoms with Crippen LogP contribution in [0.25, 0.3) is 22.6 Å². The average molecular weight is 428 g/mol. The Bertz CT molecular complexity index is 1120. The summed E-state index contributed by atoms with van der Waals surface area (Å²) in [5.41, 5.74) is 3.18. The van der Waals surface area contributed by atoms with Crippen LogP contribution in [0, 0.1) is 0 Å². The van der Waals surface area contributed by atoms with Crippen molar-refractivity contribution in [1.82, 2.24) is 4.98 Å². The first-order valence-corrected chi connectivity index (χ1v) is 9.00. The van der Waals surface area contributed by atoms with Crippen molar-refractivity contribution in [1.29, 1.82) is 0 Å². The van der Waals surface area contributed by atoms with Crippen LogP contribution in [0.5, 0.6) is 0 Å². The lowest BCUT2D eigenvalue weighted by molar-refractivity contribution is 0.102. The van der Waals surface area contributed by atoms with Crippen LogP contribution in [0.1, 0.15) is 10.4 Å². The van der Waals surface area contributed by atoms with Crippen LogP contribution < -0.4 is 5.32 Å². The number of amides is 1. The summed E-state index contributed by atoms with van der Waals surface area (Å²) < 4.78 is 6.57. The van der Waals surface area contributed by atoms with E-state index < -0.39 is 0 Å². The van der Waals surface area contributed by atoms with Gasteiger partial charge in [-0.3, -0.25) is 4.79 Å². The highest BCUT2D eigenvalue weighted by molar-refractivity contribution is 9.10. The lowest BCUT2D eigenvalue weighted by Crippen LogP contribution is -2.12. The van der Waals surface area contributed by atoms with E-state index in [2.05, 4.69) is 26.2 Å². The van der Waals surface area contributed by atoms with Crippen LogP contribution in [-0.2, 0) is 0 Å². The van der Waals surface area contributed by atoms with E-state index in [1.807, 2.05) is 36.4 Å². The lowest BCUT2D eigenvalue weighted by atomic mass is 10.2. The number of rotatable bonds is 3. The van der Waals surface area contributed by atoms with Crippen LogP contribution in [0.4, 0.5) is 5.69 Å². The van der Waals surface area contributed by atoms with Crippen molar-refractivity contribution < 1.29 is 9.21 Å². The molecule has 3 aromatic carbocycles. The molecule has 1 N–H and O–H groups in total. The van der Waals surface area contributed by atoms with Crippen LogP contribution >= 0.6 is 27.5 Å². The molecule has 1 aromatic heterocycles. The lowest BCUT2D eigenvalue weighted by Gasteiger charge is -2.06. The molecule has 26 heavy (non-hydrogen) atoms. The van der Waals surface area contributed by atoms with E-state index in [1.54, 1.807) is 30.3 Å². The fourth-order valence-corrected chi connectivity index (χ4v) is 3.28. The molecule has 0 atom stereocenters. The van der Waals surface area contributed by atoms with Gasteiger partial charge in [0.25, 0.3) is 5.91 Å². The molecule has 0 unspecified atom stereocenters. The second kappa shape index (κ2) is 6.94. The zero-order chi connectivity index (χ0) is 18.1. The van der Waals surface area contributed by atoms with Crippen LogP contribution in [0.3, 0.4) is 0 Å². The number of aromatic nitrogens is 1. The molecule has 0 radical (unpaired) electrons. The Morgan fingerprint density at radius 2 is 1.81 bits per heavy atom. The molecule has 128 valence electrons. The van der Waals surface area contributed by atoms with Crippen molar-refractivity contribution in [2.75, 3.05) is 5.32 Å². The zero-order valence-corrected chi connectivity index (χ0v) is 15.7. The summed E-state index contributed by atoms with van der Waals surface area (Å²) in [6.07, 6.45) is 0. The summed E-state index contributed by atoms with van der Waals surface area (Å²) in [5, 5.41) is 3.44. The standard InChI is InChI=1S/C20H12BrClN2O2/c21-15-7-3-1-5-13(15)19(25)23-12-9-10-17-18(11-12)26-20(24-17)14-6-2-4-8-16(14)22/h1-11H,(H,23,25). The molecule has 0 saturated carbocycles. The van der Waals surface area contributed by atoms with Gasteiger partial charge in [0.15, 0.2) is 5.58 Å². The van der Waals surface area contributed by atoms with Crippen LogP contribution in [0.2, 0.25) is 5.02 Å². The summed E-state index contributed by atoms with van der Waals surface area (Å²) in [5.74, 6) is 0.238. The normalized spacial score (nSPS) is 10.8. The zero-order valence-electron chi connectivity index (χ0n) is 13.4. The van der Waals surface area contributed by atoms with E-state index in [-0.39, 0.29) is 5.91 Å². The van der Waals surface area contributed by atoms with E-state index in [0.717, 1.165) is 10.0 Å². The number of nitrogens with one attached hydrogen (secondary N) is 1. The summed E-state index contributed by atoms with van der Waals surface area (Å²) in [7, 11) is 0. The van der Waals surface area contributed by atoms with Gasteiger partial charge < -0.3 is 9.73 Å². The van der Waals surface area contributed by atoms with E-state index in [0.29, 0.717) is 33.3 Å². The number of halogens is 2. The van der Waals surface area contributed by atoms with Crippen molar-refractivity contribution in [3.8, 4) is 11.5 Å². The molecule has 4 rings (SSSR count). The molecule has 4 nitrogen and oxygen atoms in total. The summed E-state index contributed by atoms with van der Waals surface area (Å²) in [6, 6.07) is 19.9. The molecule has 0 aliphatic heterocycles. The van der Waals surface area contributed by atoms with Gasteiger partial charge in [-0.1, -0.05) is 35.9 Å². The highest BCUT2D eigenvalue weighted by Crippen LogP contribution is 2.31. The molecule has 0 bridgehead atoms. The Morgan fingerprint density at radius 3 is 2.62 bits per heavy atom. The third-order valence-electron chi connectivity index (χ3n) is 3.87. The third-order valence-corrected chi connectivity index (χ3v) is 4.89. The smallest absolute Gasteiger partial charge is 0.256 e. The van der Waals surface area contributed by atoms with Gasteiger partial charge in [0.2, 0.25) is 5.89 Å². The molecule has 0 spiro atoms. The molecule has 1 heterocycles. The average Bonchev–Trinajstić information content (AvgIpc) is 3.05. The topological polar surface area (TPSA) is 55.1 Å². The molecular weight excluding hydrogens is 416 g/mol. The molecule has 6 heteroatoms. The maximum atomic E-state index is 12.4. The van der Waals surface area contributed by atoms with Gasteiger partial charge in [0, 0.05) is 16.2 Å². The number of benzene rings is 3. The van der Waals surface area contributed by atoms with Crippen LogP contribution in [0.15, 0.2) is 75.6 Å². The Hall–Kier alpha value is -2.63. The number of nitrogens with zero attached hydrogens (tertiary/aromatic N) is 1. The molecule has 0 aliphatic carbocycles. The fourth-order valence-electron chi connectivity index (χ4n) is 2.60. The summed E-state index contributed by atoms with van der Waals surface area (Å²) >= 11 is 9.59. The van der Waals surface area contributed by atoms with Gasteiger partial charge in [0.05, 0.1) is 16.1 Å². The van der Waals surface area contributed by atoms with E-state index in [1.165, 1.54) is 0 Å². The van der Waals surface area contributed by atoms with Gasteiger partial charge in [-0.05, 0) is 52.3 Å². The Labute approximate surface area is 162 Å². The van der Waals surface area contributed by atoms with Gasteiger partial charge in [-0.2, -0.15) is 0 Å². The SMILES string of the molecule is O=C(Nc1ccc2nc(-c3ccccc3Cl)oc2c1)c1ccccc1Br. The maximum absolute atomic E-state index is 12.4. The highest BCUT2D eigenvalue weighted by Gasteiger charge is 2.13. The number of hydrogen-bond donors (Lipinski definition) is 1. The Balaban J connectivity index is 1.65. The molecular formula is C20H12BrClN2O2. The first kappa shape index (κ1) is 16.8. The van der Waals surface area contributed by atoms with Crippen molar-refractivity contribution in [2.45, 2.75) is 0 Å². The minimum Gasteiger partial charge on any atom is -0.436 e. The number of anilines is 1. The number of oxazole rings is 1.